The molecule has 1 saturated heterocycles. The fourth-order valence-corrected chi connectivity index (χ4v) is 4.96. The van der Waals surface area contributed by atoms with E-state index in [0.29, 0.717) is 11.4 Å². The van der Waals surface area contributed by atoms with Crippen molar-refractivity contribution in [3.8, 4) is 0 Å². The van der Waals surface area contributed by atoms with Crippen LogP contribution in [-0.4, -0.2) is 30.5 Å². The molecule has 1 fully saturated rings. The van der Waals surface area contributed by atoms with Gasteiger partial charge in [-0.1, -0.05) is 23.8 Å². The Balaban J connectivity index is 1.92. The van der Waals surface area contributed by atoms with Gasteiger partial charge in [0.15, 0.2) is 0 Å². The van der Waals surface area contributed by atoms with Crippen LogP contribution in [0.3, 0.4) is 0 Å². The van der Waals surface area contributed by atoms with Crippen molar-refractivity contribution in [2.24, 2.45) is 0 Å². The first-order valence-corrected chi connectivity index (χ1v) is 10.3. The third kappa shape index (κ3) is 3.29. The summed E-state index contributed by atoms with van der Waals surface area (Å²) >= 11 is 1.58. The molecular formula is C17H20N2O2S2. The predicted octanol–water partition coefficient (Wildman–Crippen LogP) is 3.64. The second kappa shape index (κ2) is 6.63. The molecule has 23 heavy (non-hydrogen) atoms. The average molecular weight is 348 g/mol. The molecule has 2 heterocycles. The topological polar surface area (TPSA) is 50.3 Å². The third-order valence-electron chi connectivity index (χ3n) is 4.18. The molecule has 0 spiro atoms. The minimum atomic E-state index is -3.47. The lowest BCUT2D eigenvalue weighted by atomic mass is 10.1. The molecule has 0 amide bonds. The number of nitrogens with zero attached hydrogens (tertiary/aromatic N) is 2. The minimum absolute atomic E-state index is 0.121. The van der Waals surface area contributed by atoms with E-state index in [2.05, 4.69) is 4.98 Å². The number of sulfonamides is 1. The van der Waals surface area contributed by atoms with Gasteiger partial charge < -0.3 is 0 Å². The molecule has 0 N–H and O–H groups in total. The quantitative estimate of drug-likeness (QED) is 0.792. The van der Waals surface area contributed by atoms with Gasteiger partial charge in [-0.05, 0) is 49.8 Å². The Kier molecular flexibility index (Phi) is 4.75. The van der Waals surface area contributed by atoms with Crippen LogP contribution in [0.15, 0.2) is 52.5 Å². The maximum absolute atomic E-state index is 13.0. The zero-order valence-electron chi connectivity index (χ0n) is 13.3. The van der Waals surface area contributed by atoms with E-state index < -0.39 is 10.0 Å². The minimum Gasteiger partial charge on any atom is -0.250 e. The molecule has 0 bridgehead atoms. The summed E-state index contributed by atoms with van der Waals surface area (Å²) in [4.78, 5) is 4.75. The van der Waals surface area contributed by atoms with Crippen LogP contribution in [0.5, 0.6) is 0 Å². The molecule has 0 radical (unpaired) electrons. The zero-order valence-corrected chi connectivity index (χ0v) is 14.9. The van der Waals surface area contributed by atoms with Crippen molar-refractivity contribution in [1.82, 2.24) is 9.29 Å². The number of thioether (sulfide) groups is 1. The molecular weight excluding hydrogens is 328 g/mol. The molecule has 1 atom stereocenters. The predicted molar refractivity (Wildman–Crippen MR) is 93.1 cm³/mol. The molecule has 122 valence electrons. The van der Waals surface area contributed by atoms with Crippen LogP contribution in [0, 0.1) is 6.92 Å². The molecule has 2 aromatic rings. The van der Waals surface area contributed by atoms with E-state index in [-0.39, 0.29) is 6.04 Å². The molecule has 1 aromatic carbocycles. The van der Waals surface area contributed by atoms with Crippen molar-refractivity contribution in [2.45, 2.75) is 35.7 Å². The van der Waals surface area contributed by atoms with Crippen molar-refractivity contribution >= 4 is 21.8 Å². The summed E-state index contributed by atoms with van der Waals surface area (Å²) in [6.45, 7) is 2.51. The lowest BCUT2D eigenvalue weighted by molar-refractivity contribution is 0.396. The van der Waals surface area contributed by atoms with Crippen LogP contribution in [0.4, 0.5) is 0 Å². The van der Waals surface area contributed by atoms with Crippen LogP contribution in [0.1, 0.15) is 30.0 Å². The Morgan fingerprint density at radius 1 is 1.17 bits per heavy atom. The average Bonchev–Trinajstić information content (AvgIpc) is 3.06. The van der Waals surface area contributed by atoms with E-state index in [1.807, 2.05) is 37.4 Å². The first-order chi connectivity index (χ1) is 11.0. The number of rotatable bonds is 4. The van der Waals surface area contributed by atoms with Crippen LogP contribution in [0.25, 0.3) is 0 Å². The van der Waals surface area contributed by atoms with Crippen molar-refractivity contribution in [1.29, 1.82) is 0 Å². The van der Waals surface area contributed by atoms with Gasteiger partial charge in [-0.25, -0.2) is 13.4 Å². The van der Waals surface area contributed by atoms with Crippen molar-refractivity contribution in [2.75, 3.05) is 12.8 Å². The van der Waals surface area contributed by atoms with Gasteiger partial charge >= 0.3 is 0 Å². The summed E-state index contributed by atoms with van der Waals surface area (Å²) in [5.41, 5.74) is 2.02. The second-order valence-electron chi connectivity index (χ2n) is 5.72. The zero-order chi connectivity index (χ0) is 16.4. The Morgan fingerprint density at radius 3 is 2.52 bits per heavy atom. The largest absolute Gasteiger partial charge is 0.250 e. The van der Waals surface area contributed by atoms with Gasteiger partial charge in [0.2, 0.25) is 10.0 Å². The van der Waals surface area contributed by atoms with Crippen LogP contribution >= 0.6 is 11.8 Å². The fourth-order valence-electron chi connectivity index (χ4n) is 2.92. The van der Waals surface area contributed by atoms with E-state index >= 15 is 0 Å². The molecule has 6 heteroatoms. The van der Waals surface area contributed by atoms with E-state index in [9.17, 15) is 8.42 Å². The SMILES string of the molecule is CSc1ccc([C@H]2CCCN2S(=O)(=O)c2ccc(C)cc2)cn1. The lowest BCUT2D eigenvalue weighted by Gasteiger charge is -2.24. The molecule has 3 rings (SSSR count). The summed E-state index contributed by atoms with van der Waals surface area (Å²) < 4.78 is 27.5. The smallest absolute Gasteiger partial charge is 0.243 e. The van der Waals surface area contributed by atoms with Gasteiger partial charge in [-0.2, -0.15) is 4.31 Å². The fraction of sp³-hybridized carbons (Fsp3) is 0.353. The van der Waals surface area contributed by atoms with Crippen LogP contribution in [0.2, 0.25) is 0 Å². The lowest BCUT2D eigenvalue weighted by Crippen LogP contribution is -2.30. The van der Waals surface area contributed by atoms with Gasteiger partial charge in [-0.15, -0.1) is 11.8 Å². The molecule has 0 saturated carbocycles. The van der Waals surface area contributed by atoms with Gasteiger partial charge in [0.25, 0.3) is 0 Å². The summed E-state index contributed by atoms with van der Waals surface area (Å²) in [5.74, 6) is 0. The highest BCUT2D eigenvalue weighted by molar-refractivity contribution is 7.98. The normalized spacial score (nSPS) is 19.1. The van der Waals surface area contributed by atoms with Crippen molar-refractivity contribution in [3.63, 3.8) is 0 Å². The molecule has 1 aromatic heterocycles. The summed E-state index contributed by atoms with van der Waals surface area (Å²) in [6, 6.07) is 10.9. The number of hydrogen-bond donors (Lipinski definition) is 0. The summed E-state index contributed by atoms with van der Waals surface area (Å²) in [7, 11) is -3.47. The Morgan fingerprint density at radius 2 is 1.91 bits per heavy atom. The number of aryl methyl sites for hydroxylation is 1. The molecule has 4 nitrogen and oxygen atoms in total. The van der Waals surface area contributed by atoms with Gasteiger partial charge in [-0.3, -0.25) is 0 Å². The number of pyridine rings is 1. The van der Waals surface area contributed by atoms with E-state index in [4.69, 9.17) is 0 Å². The van der Waals surface area contributed by atoms with Gasteiger partial charge in [0, 0.05) is 12.7 Å². The highest BCUT2D eigenvalue weighted by atomic mass is 32.2. The van der Waals surface area contributed by atoms with Crippen molar-refractivity contribution < 1.29 is 8.42 Å². The molecule has 0 aliphatic carbocycles. The standard InChI is InChI=1S/C17H20N2O2S2/c1-13-5-8-15(9-6-13)23(20,21)19-11-3-4-16(19)14-7-10-17(22-2)18-12-14/h5-10,12,16H,3-4,11H2,1-2H3/t16-/m1/s1. The second-order valence-corrected chi connectivity index (χ2v) is 8.44. The number of benzene rings is 1. The summed E-state index contributed by atoms with van der Waals surface area (Å²) in [6.07, 6.45) is 5.50. The van der Waals surface area contributed by atoms with Crippen molar-refractivity contribution in [3.05, 3.63) is 53.7 Å². The number of hydrogen-bond acceptors (Lipinski definition) is 4. The Hall–Kier alpha value is -1.37. The van der Waals surface area contributed by atoms with E-state index in [1.54, 1.807) is 34.4 Å². The van der Waals surface area contributed by atoms with Crippen LogP contribution in [-0.2, 0) is 10.0 Å². The highest BCUT2D eigenvalue weighted by Gasteiger charge is 2.36. The Labute approximate surface area is 142 Å². The van der Waals surface area contributed by atoms with E-state index in [0.717, 1.165) is 29.0 Å². The van der Waals surface area contributed by atoms with Crippen LogP contribution < -0.4 is 0 Å². The maximum atomic E-state index is 13.0. The number of aromatic nitrogens is 1. The maximum Gasteiger partial charge on any atom is 0.243 e. The molecule has 0 unspecified atom stereocenters. The third-order valence-corrected chi connectivity index (χ3v) is 6.77. The highest BCUT2D eigenvalue weighted by Crippen LogP contribution is 2.36. The summed E-state index contributed by atoms with van der Waals surface area (Å²) in [5, 5.41) is 0.944. The van der Waals surface area contributed by atoms with E-state index in [1.165, 1.54) is 0 Å². The Bertz CT molecular complexity index is 771. The first kappa shape index (κ1) is 16.5. The molecule has 1 aliphatic heterocycles. The monoisotopic (exact) mass is 348 g/mol. The van der Waals surface area contributed by atoms with Gasteiger partial charge in [0.05, 0.1) is 16.0 Å². The molecule has 1 aliphatic rings. The first-order valence-electron chi connectivity index (χ1n) is 7.61. The van der Waals surface area contributed by atoms with Gasteiger partial charge in [0.1, 0.15) is 0 Å².